The molecule has 1 N–H and O–H groups in total. The molecule has 0 saturated heterocycles. The van der Waals surface area contributed by atoms with Crippen LogP contribution in [0.3, 0.4) is 0 Å². The average molecular weight is 231 g/mol. The Morgan fingerprint density at radius 3 is 2.50 bits per heavy atom. The Balaban J connectivity index is 2.85. The minimum atomic E-state index is -0.246. The number of halogens is 2. The minimum absolute atomic E-state index is 0.246. The second kappa shape index (κ2) is 4.98. The zero-order valence-electron chi connectivity index (χ0n) is 7.42. The third-order valence-electron chi connectivity index (χ3n) is 1.42. The largest absolute Gasteiger partial charge is 0.274 e. The molecule has 1 rings (SSSR count). The minimum Gasteiger partial charge on any atom is -0.274 e. The molecule has 14 heavy (non-hydrogen) atoms. The van der Waals surface area contributed by atoms with E-state index in [-0.39, 0.29) is 5.91 Å². The first-order chi connectivity index (χ1) is 6.61. The number of benzene rings is 1. The monoisotopic (exact) mass is 230 g/mol. The summed E-state index contributed by atoms with van der Waals surface area (Å²) < 4.78 is 0. The molecule has 0 fully saturated rings. The Kier molecular flexibility index (Phi) is 3.92. The van der Waals surface area contributed by atoms with Gasteiger partial charge in [-0.3, -0.25) is 4.79 Å². The van der Waals surface area contributed by atoms with E-state index < -0.39 is 0 Å². The first-order valence-corrected chi connectivity index (χ1v) is 4.60. The Morgan fingerprint density at radius 2 is 2.00 bits per heavy atom. The van der Waals surface area contributed by atoms with E-state index in [1.165, 1.54) is 13.1 Å². The molecule has 0 unspecified atom stereocenters. The number of hydrazone groups is 1. The summed E-state index contributed by atoms with van der Waals surface area (Å²) in [4.78, 5) is 10.5. The van der Waals surface area contributed by atoms with Gasteiger partial charge in [-0.15, -0.1) is 0 Å². The van der Waals surface area contributed by atoms with Crippen LogP contribution in [0, 0.1) is 0 Å². The second-order valence-electron chi connectivity index (χ2n) is 2.56. The van der Waals surface area contributed by atoms with Crippen molar-refractivity contribution < 1.29 is 4.79 Å². The van der Waals surface area contributed by atoms with Crippen molar-refractivity contribution in [3.05, 3.63) is 33.8 Å². The van der Waals surface area contributed by atoms with Crippen LogP contribution in [0.2, 0.25) is 10.0 Å². The maximum atomic E-state index is 10.5. The maximum absolute atomic E-state index is 10.5. The van der Waals surface area contributed by atoms with Crippen LogP contribution >= 0.6 is 23.2 Å². The van der Waals surface area contributed by atoms with Crippen molar-refractivity contribution in [3.63, 3.8) is 0 Å². The summed E-state index contributed by atoms with van der Waals surface area (Å²) in [6.45, 7) is 1.37. The van der Waals surface area contributed by atoms with Crippen LogP contribution in [-0.4, -0.2) is 12.1 Å². The number of carbonyl (C=O) groups excluding carboxylic acids is 1. The fourth-order valence-electron chi connectivity index (χ4n) is 0.822. The fraction of sp³-hybridized carbons (Fsp3) is 0.111. The summed E-state index contributed by atoms with van der Waals surface area (Å²) in [5.41, 5.74) is 2.85. The van der Waals surface area contributed by atoms with Crippen molar-refractivity contribution in [2.75, 3.05) is 0 Å². The van der Waals surface area contributed by atoms with E-state index >= 15 is 0 Å². The molecule has 1 amide bonds. The quantitative estimate of drug-likeness (QED) is 0.616. The molecule has 0 atom stereocenters. The van der Waals surface area contributed by atoms with Gasteiger partial charge in [0.15, 0.2) is 0 Å². The molecule has 0 radical (unpaired) electrons. The normalized spacial score (nSPS) is 10.5. The van der Waals surface area contributed by atoms with Gasteiger partial charge in [0, 0.05) is 12.5 Å². The van der Waals surface area contributed by atoms with Gasteiger partial charge in [-0.05, 0) is 12.1 Å². The van der Waals surface area contributed by atoms with E-state index in [1.54, 1.807) is 18.2 Å². The highest BCUT2D eigenvalue weighted by Gasteiger charge is 2.01. The molecule has 1 aromatic rings. The zero-order chi connectivity index (χ0) is 10.6. The van der Waals surface area contributed by atoms with Gasteiger partial charge in [0.1, 0.15) is 0 Å². The number of nitrogens with zero attached hydrogens (tertiary/aromatic N) is 1. The molecule has 0 aromatic heterocycles. The molecule has 0 aliphatic heterocycles. The maximum Gasteiger partial charge on any atom is 0.236 e. The number of hydrogen-bond donors (Lipinski definition) is 1. The highest BCUT2D eigenvalue weighted by atomic mass is 35.5. The number of nitrogens with one attached hydrogen (secondary N) is 1. The lowest BCUT2D eigenvalue weighted by atomic mass is 10.2. The Hall–Kier alpha value is -1.06. The lowest BCUT2D eigenvalue weighted by molar-refractivity contribution is -0.118. The van der Waals surface area contributed by atoms with E-state index in [0.717, 1.165) is 0 Å². The lowest BCUT2D eigenvalue weighted by Gasteiger charge is -1.99. The fourth-order valence-corrected chi connectivity index (χ4v) is 1.32. The van der Waals surface area contributed by atoms with Gasteiger partial charge in [0.2, 0.25) is 5.91 Å². The van der Waals surface area contributed by atoms with Crippen LogP contribution in [0.4, 0.5) is 0 Å². The number of rotatable bonds is 2. The Bertz CT molecular complexity index is 357. The molecule has 0 aliphatic rings. The molecule has 74 valence electrons. The number of amides is 1. The van der Waals surface area contributed by atoms with E-state index in [1.807, 2.05) is 0 Å². The summed E-state index contributed by atoms with van der Waals surface area (Å²) in [5, 5.41) is 4.65. The summed E-state index contributed by atoms with van der Waals surface area (Å²) >= 11 is 11.7. The summed E-state index contributed by atoms with van der Waals surface area (Å²) in [6.07, 6.45) is 1.41. The van der Waals surface area contributed by atoms with Gasteiger partial charge in [-0.1, -0.05) is 29.3 Å². The predicted octanol–water partition coefficient (Wildman–Crippen LogP) is 2.46. The molecule has 0 heterocycles. The van der Waals surface area contributed by atoms with Crippen molar-refractivity contribution in [1.29, 1.82) is 0 Å². The highest BCUT2D eigenvalue weighted by molar-refractivity contribution is 6.38. The SMILES string of the molecule is CC(=O)N/N=C\c1c(Cl)cccc1Cl. The standard InChI is InChI=1S/C9H8Cl2N2O/c1-6(14)13-12-5-7-8(10)3-2-4-9(7)11/h2-5H,1H3,(H,13,14)/b12-5-. The van der Waals surface area contributed by atoms with E-state index in [9.17, 15) is 4.79 Å². The van der Waals surface area contributed by atoms with Gasteiger partial charge in [-0.25, -0.2) is 5.43 Å². The molecule has 0 saturated carbocycles. The van der Waals surface area contributed by atoms with Crippen LogP contribution < -0.4 is 5.43 Å². The van der Waals surface area contributed by atoms with Gasteiger partial charge in [0.05, 0.1) is 16.3 Å². The molecule has 1 aromatic carbocycles. The molecule has 0 aliphatic carbocycles. The Labute approximate surface area is 91.7 Å². The van der Waals surface area contributed by atoms with Crippen molar-refractivity contribution in [2.24, 2.45) is 5.10 Å². The van der Waals surface area contributed by atoms with Gasteiger partial charge in [0.25, 0.3) is 0 Å². The summed E-state index contributed by atoms with van der Waals surface area (Å²) in [7, 11) is 0. The topological polar surface area (TPSA) is 41.5 Å². The molecular formula is C9H8Cl2N2O. The Morgan fingerprint density at radius 1 is 1.43 bits per heavy atom. The second-order valence-corrected chi connectivity index (χ2v) is 3.38. The van der Waals surface area contributed by atoms with Gasteiger partial charge in [-0.2, -0.15) is 5.10 Å². The molecule has 0 spiro atoms. The van der Waals surface area contributed by atoms with Crippen molar-refractivity contribution in [1.82, 2.24) is 5.43 Å². The number of carbonyl (C=O) groups is 1. The van der Waals surface area contributed by atoms with Crippen molar-refractivity contribution in [2.45, 2.75) is 6.92 Å². The molecule has 5 heteroatoms. The molecule has 0 bridgehead atoms. The zero-order valence-corrected chi connectivity index (χ0v) is 8.93. The highest BCUT2D eigenvalue weighted by Crippen LogP contribution is 2.21. The third kappa shape index (κ3) is 3.01. The van der Waals surface area contributed by atoms with Crippen LogP contribution in [-0.2, 0) is 4.79 Å². The van der Waals surface area contributed by atoms with Crippen LogP contribution in [0.5, 0.6) is 0 Å². The molecule has 3 nitrogen and oxygen atoms in total. The van der Waals surface area contributed by atoms with Gasteiger partial charge >= 0.3 is 0 Å². The summed E-state index contributed by atoms with van der Waals surface area (Å²) in [6, 6.07) is 5.13. The van der Waals surface area contributed by atoms with Crippen molar-refractivity contribution in [3.8, 4) is 0 Å². The average Bonchev–Trinajstić information content (AvgIpc) is 2.09. The lowest BCUT2D eigenvalue weighted by Crippen LogP contribution is -2.12. The number of hydrogen-bond acceptors (Lipinski definition) is 2. The smallest absolute Gasteiger partial charge is 0.236 e. The van der Waals surface area contributed by atoms with Crippen LogP contribution in [0.1, 0.15) is 12.5 Å². The molecular weight excluding hydrogens is 223 g/mol. The van der Waals surface area contributed by atoms with Crippen LogP contribution in [0.25, 0.3) is 0 Å². The predicted molar refractivity (Wildman–Crippen MR) is 57.9 cm³/mol. The van der Waals surface area contributed by atoms with E-state index in [0.29, 0.717) is 15.6 Å². The first-order valence-electron chi connectivity index (χ1n) is 3.85. The first kappa shape index (κ1) is 11.0. The van der Waals surface area contributed by atoms with E-state index in [2.05, 4.69) is 10.5 Å². The van der Waals surface area contributed by atoms with Gasteiger partial charge < -0.3 is 0 Å². The van der Waals surface area contributed by atoms with Crippen molar-refractivity contribution >= 4 is 35.3 Å². The van der Waals surface area contributed by atoms with E-state index in [4.69, 9.17) is 23.2 Å². The third-order valence-corrected chi connectivity index (χ3v) is 2.07. The summed E-state index contributed by atoms with van der Waals surface area (Å²) in [5.74, 6) is -0.246. The van der Waals surface area contributed by atoms with Crippen LogP contribution in [0.15, 0.2) is 23.3 Å².